The molecule has 1 heterocycles. The van der Waals surface area contributed by atoms with Crippen molar-refractivity contribution in [1.82, 2.24) is 10.2 Å². The maximum atomic E-state index is 12.1. The van der Waals surface area contributed by atoms with E-state index in [9.17, 15) is 14.4 Å². The molecule has 1 aliphatic rings. The molecule has 1 aliphatic heterocycles. The molecule has 0 spiro atoms. The fourth-order valence-electron chi connectivity index (χ4n) is 2.52. The minimum Gasteiger partial charge on any atom is -0.481 e. The number of likely N-dealkylation sites (tertiary alicyclic amines) is 1. The number of ether oxygens (including phenoxy) is 1. The van der Waals surface area contributed by atoms with Crippen LogP contribution < -0.4 is 11.1 Å². The van der Waals surface area contributed by atoms with Crippen LogP contribution >= 0.6 is 0 Å². The fraction of sp³-hybridized carbons (Fsp3) is 0.812. The summed E-state index contributed by atoms with van der Waals surface area (Å²) in [7, 11) is 0. The van der Waals surface area contributed by atoms with Crippen LogP contribution in [0.4, 0.5) is 0 Å². The van der Waals surface area contributed by atoms with Gasteiger partial charge in [0.25, 0.3) is 0 Å². The quantitative estimate of drug-likeness (QED) is 0.458. The predicted molar refractivity (Wildman–Crippen MR) is 88.3 cm³/mol. The highest BCUT2D eigenvalue weighted by molar-refractivity contribution is 5.82. The Bertz CT molecular complexity index is 424. The molecule has 0 bridgehead atoms. The number of hydrogen-bond acceptors (Lipinski definition) is 5. The van der Waals surface area contributed by atoms with Gasteiger partial charge in [-0.1, -0.05) is 6.42 Å². The Morgan fingerprint density at radius 2 is 1.88 bits per heavy atom. The van der Waals surface area contributed by atoms with E-state index < -0.39 is 18.1 Å². The molecule has 2 amide bonds. The third-order valence-electron chi connectivity index (χ3n) is 4.08. The van der Waals surface area contributed by atoms with Crippen molar-refractivity contribution in [3.63, 3.8) is 0 Å². The zero-order valence-electron chi connectivity index (χ0n) is 14.3. The van der Waals surface area contributed by atoms with Crippen molar-refractivity contribution in [2.45, 2.75) is 57.6 Å². The first-order chi connectivity index (χ1) is 11.4. The Morgan fingerprint density at radius 1 is 1.21 bits per heavy atom. The van der Waals surface area contributed by atoms with Crippen LogP contribution in [0, 0.1) is 0 Å². The molecule has 8 nitrogen and oxygen atoms in total. The number of hydrogen-bond donors (Lipinski definition) is 3. The predicted octanol–water partition coefficient (Wildman–Crippen LogP) is 0.102. The summed E-state index contributed by atoms with van der Waals surface area (Å²) in [5.74, 6) is -1.19. The summed E-state index contributed by atoms with van der Waals surface area (Å²) in [6.07, 6.45) is 3.70. The Kier molecular flexibility index (Phi) is 9.33. The number of carboxylic acid groups (broad SMARTS) is 1. The maximum Gasteiger partial charge on any atom is 0.303 e. The van der Waals surface area contributed by atoms with Gasteiger partial charge in [-0.2, -0.15) is 0 Å². The monoisotopic (exact) mass is 343 g/mol. The van der Waals surface area contributed by atoms with Gasteiger partial charge in [0.15, 0.2) is 0 Å². The molecule has 24 heavy (non-hydrogen) atoms. The highest BCUT2D eigenvalue weighted by atomic mass is 16.5. The molecule has 0 radical (unpaired) electrons. The van der Waals surface area contributed by atoms with Gasteiger partial charge >= 0.3 is 5.97 Å². The number of unbranched alkanes of at least 4 members (excludes halogenated alkanes) is 2. The van der Waals surface area contributed by atoms with E-state index in [1.54, 1.807) is 11.8 Å². The van der Waals surface area contributed by atoms with Gasteiger partial charge in [0.2, 0.25) is 11.8 Å². The topological polar surface area (TPSA) is 122 Å². The molecule has 0 aromatic heterocycles. The van der Waals surface area contributed by atoms with E-state index >= 15 is 0 Å². The molecule has 138 valence electrons. The Balaban J connectivity index is 2.11. The summed E-state index contributed by atoms with van der Waals surface area (Å²) >= 11 is 0. The lowest BCUT2D eigenvalue weighted by atomic mass is 10.1. The molecule has 0 aromatic rings. The summed E-state index contributed by atoms with van der Waals surface area (Å²) in [5.41, 5.74) is 5.91. The minimum absolute atomic E-state index is 0.126. The number of nitrogens with zero attached hydrogens (tertiary/aromatic N) is 1. The fourth-order valence-corrected chi connectivity index (χ4v) is 2.52. The number of carboxylic acids is 1. The lowest BCUT2D eigenvalue weighted by Crippen LogP contribution is -2.49. The van der Waals surface area contributed by atoms with E-state index in [0.29, 0.717) is 13.0 Å². The first-order valence-corrected chi connectivity index (χ1v) is 8.56. The lowest BCUT2D eigenvalue weighted by Gasteiger charge is -2.24. The van der Waals surface area contributed by atoms with Crippen LogP contribution in [-0.4, -0.2) is 66.2 Å². The zero-order chi connectivity index (χ0) is 17.9. The second kappa shape index (κ2) is 11.0. The molecule has 1 rings (SSSR count). The average Bonchev–Trinajstić information content (AvgIpc) is 3.08. The number of nitrogens with one attached hydrogen (secondary N) is 1. The molecular formula is C16H29N3O5. The Hall–Kier alpha value is -1.67. The molecular weight excluding hydrogens is 314 g/mol. The molecule has 0 aromatic carbocycles. The number of aliphatic carboxylic acids is 1. The first-order valence-electron chi connectivity index (χ1n) is 8.56. The molecule has 0 aliphatic carbocycles. The van der Waals surface area contributed by atoms with E-state index in [4.69, 9.17) is 15.6 Å². The first kappa shape index (κ1) is 20.4. The highest BCUT2D eigenvalue weighted by Crippen LogP contribution is 2.10. The van der Waals surface area contributed by atoms with Crippen LogP contribution in [0.15, 0.2) is 0 Å². The van der Waals surface area contributed by atoms with E-state index in [2.05, 4.69) is 5.32 Å². The second-order valence-corrected chi connectivity index (χ2v) is 6.13. The van der Waals surface area contributed by atoms with Crippen LogP contribution in [0.5, 0.6) is 0 Å². The van der Waals surface area contributed by atoms with Crippen LogP contribution in [0.25, 0.3) is 0 Å². The number of rotatable bonds is 11. The zero-order valence-corrected chi connectivity index (χ0v) is 14.3. The molecule has 2 atom stereocenters. The van der Waals surface area contributed by atoms with Crippen molar-refractivity contribution in [1.29, 1.82) is 0 Å². The van der Waals surface area contributed by atoms with Crippen molar-refractivity contribution in [2.75, 3.05) is 26.2 Å². The number of nitrogens with two attached hydrogens (primary N) is 1. The standard InChI is InChI=1S/C16H29N3O5/c1-12(15(17)16(23)19-9-5-6-10-19)24-11-13(20)18-8-4-2-3-7-14(21)22/h12,15H,2-11,17H2,1H3,(H,18,20)(H,21,22)/t12-,15+/m1/s1. The largest absolute Gasteiger partial charge is 0.481 e. The molecule has 0 saturated carbocycles. The van der Waals surface area contributed by atoms with Gasteiger partial charge in [0.05, 0.1) is 6.10 Å². The molecule has 1 fully saturated rings. The van der Waals surface area contributed by atoms with Crippen LogP contribution in [0.2, 0.25) is 0 Å². The van der Waals surface area contributed by atoms with E-state index in [-0.39, 0.29) is 24.8 Å². The maximum absolute atomic E-state index is 12.1. The van der Waals surface area contributed by atoms with Crippen molar-refractivity contribution in [3.05, 3.63) is 0 Å². The summed E-state index contributed by atoms with van der Waals surface area (Å²) in [6.45, 7) is 3.51. The third kappa shape index (κ3) is 7.74. The van der Waals surface area contributed by atoms with Crippen molar-refractivity contribution in [3.8, 4) is 0 Å². The van der Waals surface area contributed by atoms with Gasteiger partial charge in [-0.25, -0.2) is 0 Å². The Labute approximate surface area is 142 Å². The third-order valence-corrected chi connectivity index (χ3v) is 4.08. The molecule has 1 saturated heterocycles. The number of carbonyl (C=O) groups excluding carboxylic acids is 2. The number of amides is 2. The molecule has 4 N–H and O–H groups in total. The second-order valence-electron chi connectivity index (χ2n) is 6.13. The van der Waals surface area contributed by atoms with E-state index in [0.717, 1.165) is 38.8 Å². The average molecular weight is 343 g/mol. The van der Waals surface area contributed by atoms with Crippen molar-refractivity contribution in [2.24, 2.45) is 5.73 Å². The smallest absolute Gasteiger partial charge is 0.303 e. The SMILES string of the molecule is C[C@@H](OCC(=O)NCCCCCC(=O)O)[C@H](N)C(=O)N1CCCC1. The summed E-state index contributed by atoms with van der Waals surface area (Å²) in [6, 6.07) is -0.757. The van der Waals surface area contributed by atoms with E-state index in [1.165, 1.54) is 0 Å². The van der Waals surface area contributed by atoms with Crippen LogP contribution in [0.1, 0.15) is 45.4 Å². The summed E-state index contributed by atoms with van der Waals surface area (Å²) in [4.78, 5) is 35.9. The van der Waals surface area contributed by atoms with Crippen LogP contribution in [-0.2, 0) is 19.1 Å². The van der Waals surface area contributed by atoms with Gasteiger partial charge in [-0.3, -0.25) is 14.4 Å². The molecule has 0 unspecified atom stereocenters. The van der Waals surface area contributed by atoms with Gasteiger partial charge < -0.3 is 25.8 Å². The van der Waals surface area contributed by atoms with Gasteiger partial charge in [-0.15, -0.1) is 0 Å². The van der Waals surface area contributed by atoms with Crippen LogP contribution in [0.3, 0.4) is 0 Å². The minimum atomic E-state index is -0.804. The Morgan fingerprint density at radius 3 is 2.50 bits per heavy atom. The van der Waals surface area contributed by atoms with Gasteiger partial charge in [-0.05, 0) is 32.6 Å². The summed E-state index contributed by atoms with van der Waals surface area (Å²) < 4.78 is 5.39. The normalized spacial score (nSPS) is 16.7. The van der Waals surface area contributed by atoms with E-state index in [1.807, 2.05) is 0 Å². The summed E-state index contributed by atoms with van der Waals surface area (Å²) in [5, 5.41) is 11.2. The van der Waals surface area contributed by atoms with Crippen molar-refractivity contribution < 1.29 is 24.2 Å². The highest BCUT2D eigenvalue weighted by Gasteiger charge is 2.28. The van der Waals surface area contributed by atoms with Gasteiger partial charge in [0.1, 0.15) is 12.6 Å². The van der Waals surface area contributed by atoms with Gasteiger partial charge in [0, 0.05) is 26.1 Å². The van der Waals surface area contributed by atoms with Crippen molar-refractivity contribution >= 4 is 17.8 Å². The lowest BCUT2D eigenvalue weighted by molar-refractivity contribution is -0.138. The number of carbonyl (C=O) groups is 3. The molecule has 8 heteroatoms.